The summed E-state index contributed by atoms with van der Waals surface area (Å²) in [6.45, 7) is 7.56. The minimum absolute atomic E-state index is 0.122. The standard InChI is InChI=1S/C25H26N2O4S/c1-16-5-9-20(10-6-16)32(29,30)27-15-24(31-23-12-8-18(3)14-22(23)27)25(28)26-21-11-7-17(2)13-19(21)4/h5-14,24H,15H2,1-4H3,(H,26,28). The molecule has 0 radical (unpaired) electrons. The first-order chi connectivity index (χ1) is 15.1. The molecule has 32 heavy (non-hydrogen) atoms. The molecule has 0 fully saturated rings. The van der Waals surface area contributed by atoms with E-state index in [1.165, 1.54) is 4.31 Å². The molecule has 1 heterocycles. The molecule has 0 bridgehead atoms. The quantitative estimate of drug-likeness (QED) is 0.634. The second-order valence-electron chi connectivity index (χ2n) is 8.23. The first-order valence-electron chi connectivity index (χ1n) is 10.4. The number of sulfonamides is 1. The van der Waals surface area contributed by atoms with Gasteiger partial charge >= 0.3 is 0 Å². The lowest BCUT2D eigenvalue weighted by Gasteiger charge is -2.35. The van der Waals surface area contributed by atoms with E-state index < -0.39 is 22.0 Å². The molecular weight excluding hydrogens is 424 g/mol. The molecule has 0 aliphatic carbocycles. The number of benzene rings is 3. The Morgan fingerprint density at radius 2 is 1.53 bits per heavy atom. The lowest BCUT2D eigenvalue weighted by atomic mass is 10.1. The van der Waals surface area contributed by atoms with Crippen molar-refractivity contribution >= 4 is 27.3 Å². The number of amides is 1. The third-order valence-corrected chi connectivity index (χ3v) is 7.32. The second kappa shape index (κ2) is 8.31. The summed E-state index contributed by atoms with van der Waals surface area (Å²) in [4.78, 5) is 13.2. The number of hydrogen-bond donors (Lipinski definition) is 1. The van der Waals surface area contributed by atoms with Crippen LogP contribution in [0.5, 0.6) is 5.75 Å². The zero-order valence-electron chi connectivity index (χ0n) is 18.5. The van der Waals surface area contributed by atoms with Crippen LogP contribution in [0.25, 0.3) is 0 Å². The Labute approximate surface area is 188 Å². The molecule has 1 aliphatic heterocycles. The molecule has 1 amide bonds. The number of nitrogens with zero attached hydrogens (tertiary/aromatic N) is 1. The average molecular weight is 451 g/mol. The van der Waals surface area contributed by atoms with Crippen molar-refractivity contribution in [1.29, 1.82) is 0 Å². The van der Waals surface area contributed by atoms with Crippen molar-refractivity contribution in [3.05, 3.63) is 82.9 Å². The number of rotatable bonds is 4. The molecule has 1 N–H and O–H groups in total. The number of anilines is 2. The summed E-state index contributed by atoms with van der Waals surface area (Å²) in [6, 6.07) is 17.7. The van der Waals surface area contributed by atoms with Crippen LogP contribution in [0.15, 0.2) is 65.6 Å². The summed E-state index contributed by atoms with van der Waals surface area (Å²) in [5, 5.41) is 2.88. The lowest BCUT2D eigenvalue weighted by molar-refractivity contribution is -0.122. The first-order valence-corrected chi connectivity index (χ1v) is 11.8. The van der Waals surface area contributed by atoms with Gasteiger partial charge in [-0.2, -0.15) is 0 Å². The molecule has 3 aromatic carbocycles. The summed E-state index contributed by atoms with van der Waals surface area (Å²) in [7, 11) is -3.89. The van der Waals surface area contributed by atoms with Crippen LogP contribution in [0.2, 0.25) is 0 Å². The number of carbonyl (C=O) groups is 1. The van der Waals surface area contributed by atoms with Crippen molar-refractivity contribution < 1.29 is 17.9 Å². The van der Waals surface area contributed by atoms with Gasteiger partial charge in [-0.25, -0.2) is 8.42 Å². The summed E-state index contributed by atoms with van der Waals surface area (Å²) in [5.74, 6) is -0.0365. The molecule has 0 saturated carbocycles. The summed E-state index contributed by atoms with van der Waals surface area (Å²) >= 11 is 0. The van der Waals surface area contributed by atoms with E-state index in [1.807, 2.05) is 52.0 Å². The molecule has 4 rings (SSSR count). The van der Waals surface area contributed by atoms with Gasteiger partial charge in [0.15, 0.2) is 6.10 Å². The Hall–Kier alpha value is -3.32. The van der Waals surface area contributed by atoms with E-state index in [9.17, 15) is 13.2 Å². The maximum atomic E-state index is 13.5. The summed E-state index contributed by atoms with van der Waals surface area (Å²) in [6.07, 6.45) is -0.994. The molecule has 1 aliphatic rings. The Bertz CT molecular complexity index is 1280. The number of aryl methyl sites for hydroxylation is 4. The number of carbonyl (C=O) groups excluding carboxylic acids is 1. The van der Waals surface area contributed by atoms with Crippen molar-refractivity contribution in [1.82, 2.24) is 0 Å². The van der Waals surface area contributed by atoms with E-state index in [0.29, 0.717) is 17.1 Å². The van der Waals surface area contributed by atoms with E-state index in [-0.39, 0.29) is 11.4 Å². The maximum Gasteiger partial charge on any atom is 0.267 e. The third kappa shape index (κ3) is 4.21. The van der Waals surface area contributed by atoms with Gasteiger partial charge in [-0.05, 0) is 69.2 Å². The number of fused-ring (bicyclic) bond motifs is 1. The van der Waals surface area contributed by atoms with Gasteiger partial charge in [-0.3, -0.25) is 9.10 Å². The Morgan fingerprint density at radius 3 is 2.22 bits per heavy atom. The van der Waals surface area contributed by atoms with E-state index >= 15 is 0 Å². The minimum Gasteiger partial charge on any atom is -0.476 e. The Balaban J connectivity index is 1.69. The fourth-order valence-corrected chi connectivity index (χ4v) is 5.20. The predicted molar refractivity (Wildman–Crippen MR) is 126 cm³/mol. The van der Waals surface area contributed by atoms with Crippen molar-refractivity contribution in [3.8, 4) is 5.75 Å². The molecule has 1 atom stereocenters. The van der Waals surface area contributed by atoms with Gasteiger partial charge in [0.25, 0.3) is 15.9 Å². The normalized spacial score (nSPS) is 15.6. The first kappa shape index (κ1) is 21.9. The van der Waals surface area contributed by atoms with E-state index in [1.54, 1.807) is 36.4 Å². The number of nitrogens with one attached hydrogen (secondary N) is 1. The molecule has 3 aromatic rings. The number of ether oxygens (including phenoxy) is 1. The zero-order chi connectivity index (χ0) is 23.0. The molecule has 166 valence electrons. The summed E-state index contributed by atoms with van der Waals surface area (Å²) in [5.41, 5.74) is 4.99. The van der Waals surface area contributed by atoms with Gasteiger partial charge in [0, 0.05) is 5.69 Å². The smallest absolute Gasteiger partial charge is 0.267 e. The molecule has 0 saturated heterocycles. The van der Waals surface area contributed by atoms with Crippen molar-refractivity contribution in [2.24, 2.45) is 0 Å². The van der Waals surface area contributed by atoms with Crippen LogP contribution in [-0.2, 0) is 14.8 Å². The van der Waals surface area contributed by atoms with E-state index in [4.69, 9.17) is 4.74 Å². The lowest BCUT2D eigenvalue weighted by Crippen LogP contribution is -2.48. The van der Waals surface area contributed by atoms with Crippen LogP contribution in [0.4, 0.5) is 11.4 Å². The average Bonchev–Trinajstić information content (AvgIpc) is 2.75. The van der Waals surface area contributed by atoms with Crippen LogP contribution >= 0.6 is 0 Å². The van der Waals surface area contributed by atoms with Crippen molar-refractivity contribution in [2.45, 2.75) is 38.7 Å². The predicted octanol–water partition coefficient (Wildman–Crippen LogP) is 4.52. The van der Waals surface area contributed by atoms with Crippen LogP contribution in [0.1, 0.15) is 22.3 Å². The highest BCUT2D eigenvalue weighted by Crippen LogP contribution is 2.38. The van der Waals surface area contributed by atoms with Crippen molar-refractivity contribution in [2.75, 3.05) is 16.2 Å². The molecule has 6 nitrogen and oxygen atoms in total. The van der Waals surface area contributed by atoms with Gasteiger partial charge in [0.1, 0.15) is 5.75 Å². The highest BCUT2D eigenvalue weighted by atomic mass is 32.2. The molecule has 7 heteroatoms. The Kier molecular flexibility index (Phi) is 5.69. The van der Waals surface area contributed by atoms with Gasteiger partial charge in [-0.1, -0.05) is 41.5 Å². The second-order valence-corrected chi connectivity index (χ2v) is 10.1. The van der Waals surface area contributed by atoms with Crippen molar-refractivity contribution in [3.63, 3.8) is 0 Å². The SMILES string of the molecule is Cc1ccc(S(=O)(=O)N2CC(C(=O)Nc3ccc(C)cc3C)Oc3ccc(C)cc32)cc1. The fraction of sp³-hybridized carbons (Fsp3) is 0.240. The van der Waals surface area contributed by atoms with Crippen LogP contribution in [-0.4, -0.2) is 27.0 Å². The van der Waals surface area contributed by atoms with Crippen LogP contribution in [0, 0.1) is 27.7 Å². The third-order valence-electron chi connectivity index (χ3n) is 5.53. The zero-order valence-corrected chi connectivity index (χ0v) is 19.4. The van der Waals surface area contributed by atoms with E-state index in [0.717, 1.165) is 22.3 Å². The van der Waals surface area contributed by atoms with Gasteiger partial charge < -0.3 is 10.1 Å². The van der Waals surface area contributed by atoms with E-state index in [2.05, 4.69) is 5.32 Å². The molecule has 0 aromatic heterocycles. The van der Waals surface area contributed by atoms with Gasteiger partial charge in [0.2, 0.25) is 0 Å². The minimum atomic E-state index is -3.89. The van der Waals surface area contributed by atoms with Crippen LogP contribution < -0.4 is 14.4 Å². The highest BCUT2D eigenvalue weighted by Gasteiger charge is 2.37. The summed E-state index contributed by atoms with van der Waals surface area (Å²) < 4.78 is 34.3. The number of hydrogen-bond acceptors (Lipinski definition) is 4. The topological polar surface area (TPSA) is 75.7 Å². The Morgan fingerprint density at radius 1 is 0.906 bits per heavy atom. The maximum absolute atomic E-state index is 13.5. The van der Waals surface area contributed by atoms with Gasteiger partial charge in [0.05, 0.1) is 17.1 Å². The molecule has 0 spiro atoms. The van der Waals surface area contributed by atoms with Crippen LogP contribution in [0.3, 0.4) is 0 Å². The monoisotopic (exact) mass is 450 g/mol. The largest absolute Gasteiger partial charge is 0.476 e. The highest BCUT2D eigenvalue weighted by molar-refractivity contribution is 7.92. The molecular formula is C25H26N2O4S. The fourth-order valence-electron chi connectivity index (χ4n) is 3.73. The van der Waals surface area contributed by atoms with Gasteiger partial charge in [-0.15, -0.1) is 0 Å². The molecule has 1 unspecified atom stereocenters.